The molecule has 2 aliphatic heterocycles. The lowest BCUT2D eigenvalue weighted by molar-refractivity contribution is -0.0244. The Hall–Kier alpha value is -1.75. The second-order valence-electron chi connectivity index (χ2n) is 9.83. The highest BCUT2D eigenvalue weighted by Crippen LogP contribution is 2.32. The number of anilines is 1. The Kier molecular flexibility index (Phi) is 6.50. The summed E-state index contributed by atoms with van der Waals surface area (Å²) < 4.78 is 12.0. The van der Waals surface area contributed by atoms with Crippen molar-refractivity contribution in [2.45, 2.75) is 52.3 Å². The van der Waals surface area contributed by atoms with E-state index < -0.39 is 5.60 Å². The van der Waals surface area contributed by atoms with E-state index in [4.69, 9.17) is 26.1 Å². The number of carbonyl (C=O) groups is 1. The maximum atomic E-state index is 12.7. The molecule has 4 heterocycles. The van der Waals surface area contributed by atoms with Gasteiger partial charge in [-0.2, -0.15) is 9.97 Å². The minimum absolute atomic E-state index is 0.211. The van der Waals surface area contributed by atoms with Gasteiger partial charge in [0, 0.05) is 32.7 Å². The summed E-state index contributed by atoms with van der Waals surface area (Å²) in [7, 11) is 0. The van der Waals surface area contributed by atoms with E-state index in [-0.39, 0.29) is 16.9 Å². The molecule has 4 rings (SSSR count). The van der Waals surface area contributed by atoms with Crippen molar-refractivity contribution in [1.29, 1.82) is 0 Å². The first-order valence-electron chi connectivity index (χ1n) is 10.9. The molecule has 0 spiro atoms. The van der Waals surface area contributed by atoms with Crippen LogP contribution in [0.3, 0.4) is 0 Å². The second kappa shape index (κ2) is 8.89. The molecule has 176 valence electrons. The molecule has 0 aromatic carbocycles. The van der Waals surface area contributed by atoms with Crippen LogP contribution in [0.2, 0.25) is 5.28 Å². The summed E-state index contributed by atoms with van der Waals surface area (Å²) in [6, 6.07) is 0. The maximum Gasteiger partial charge on any atom is 0.410 e. The zero-order chi connectivity index (χ0) is 23.1. The highest BCUT2D eigenvalue weighted by atomic mass is 35.5. The number of halogens is 1. The Morgan fingerprint density at radius 3 is 2.53 bits per heavy atom. The SMILES string of the molecule is CC(C)(C)OC(=O)N1CCN(Cc2nc3nc(Cl)nc(N4CCOCC4)c3s2)CC1(C)C. The topological polar surface area (TPSA) is 83.9 Å². The first-order valence-corrected chi connectivity index (χ1v) is 12.1. The van der Waals surface area contributed by atoms with Gasteiger partial charge in [-0.25, -0.2) is 9.78 Å². The van der Waals surface area contributed by atoms with Crippen LogP contribution in [0.15, 0.2) is 0 Å². The molecule has 9 nitrogen and oxygen atoms in total. The van der Waals surface area contributed by atoms with Crippen molar-refractivity contribution >= 4 is 45.2 Å². The lowest BCUT2D eigenvalue weighted by atomic mass is 9.99. The molecule has 2 saturated heterocycles. The molecule has 0 aliphatic carbocycles. The number of morpholine rings is 1. The summed E-state index contributed by atoms with van der Waals surface area (Å²) in [5.74, 6) is 0.835. The number of hydrogen-bond donors (Lipinski definition) is 0. The average molecular weight is 483 g/mol. The minimum atomic E-state index is -0.508. The van der Waals surface area contributed by atoms with Gasteiger partial charge in [0.1, 0.15) is 15.3 Å². The molecule has 0 N–H and O–H groups in total. The lowest BCUT2D eigenvalue weighted by Crippen LogP contribution is -2.61. The van der Waals surface area contributed by atoms with E-state index in [9.17, 15) is 4.79 Å². The number of thiazole rings is 1. The average Bonchev–Trinajstić information content (AvgIpc) is 3.07. The predicted molar refractivity (Wildman–Crippen MR) is 126 cm³/mol. The van der Waals surface area contributed by atoms with Crippen molar-refractivity contribution in [1.82, 2.24) is 24.8 Å². The Labute approximate surface area is 197 Å². The summed E-state index contributed by atoms with van der Waals surface area (Å²) in [6.07, 6.45) is -0.262. The molecule has 2 aliphatic rings. The molecule has 11 heteroatoms. The molecule has 0 saturated carbocycles. The van der Waals surface area contributed by atoms with E-state index >= 15 is 0 Å². The molecular formula is C21H31ClN6O3S. The number of amides is 1. The summed E-state index contributed by atoms with van der Waals surface area (Å²) >= 11 is 7.81. The van der Waals surface area contributed by atoms with Crippen LogP contribution < -0.4 is 4.90 Å². The highest BCUT2D eigenvalue weighted by molar-refractivity contribution is 7.19. The largest absolute Gasteiger partial charge is 0.444 e. The maximum absolute atomic E-state index is 12.7. The molecule has 32 heavy (non-hydrogen) atoms. The predicted octanol–water partition coefficient (Wildman–Crippen LogP) is 3.41. The Morgan fingerprint density at radius 2 is 1.88 bits per heavy atom. The fourth-order valence-electron chi connectivity index (χ4n) is 4.12. The summed E-state index contributed by atoms with van der Waals surface area (Å²) in [5, 5.41) is 1.18. The minimum Gasteiger partial charge on any atom is -0.444 e. The van der Waals surface area contributed by atoms with Crippen molar-refractivity contribution < 1.29 is 14.3 Å². The summed E-state index contributed by atoms with van der Waals surface area (Å²) in [6.45, 7) is 15.5. The molecule has 0 atom stereocenters. The van der Waals surface area contributed by atoms with Gasteiger partial charge < -0.3 is 19.3 Å². The summed E-state index contributed by atoms with van der Waals surface area (Å²) in [4.78, 5) is 32.6. The van der Waals surface area contributed by atoms with Gasteiger partial charge in [-0.05, 0) is 46.2 Å². The molecular weight excluding hydrogens is 452 g/mol. The molecule has 2 aromatic rings. The molecule has 2 aromatic heterocycles. The van der Waals surface area contributed by atoms with Crippen LogP contribution in [0, 0.1) is 0 Å². The van der Waals surface area contributed by atoms with Gasteiger partial charge in [0.05, 0.1) is 25.3 Å². The van der Waals surface area contributed by atoms with Crippen LogP contribution in [0.5, 0.6) is 0 Å². The van der Waals surface area contributed by atoms with Crippen molar-refractivity contribution in [3.63, 3.8) is 0 Å². The van der Waals surface area contributed by atoms with Crippen LogP contribution in [-0.2, 0) is 16.0 Å². The van der Waals surface area contributed by atoms with Gasteiger partial charge in [0.15, 0.2) is 11.5 Å². The Bertz CT molecular complexity index is 986. The number of carbonyl (C=O) groups excluding carboxylic acids is 1. The molecule has 1 amide bonds. The fraction of sp³-hybridized carbons (Fsp3) is 0.714. The van der Waals surface area contributed by atoms with E-state index in [1.165, 1.54) is 0 Å². The van der Waals surface area contributed by atoms with Gasteiger partial charge in [-0.3, -0.25) is 4.90 Å². The van der Waals surface area contributed by atoms with E-state index in [1.807, 2.05) is 25.7 Å². The van der Waals surface area contributed by atoms with Crippen molar-refractivity contribution in [2.24, 2.45) is 0 Å². The number of ether oxygens (including phenoxy) is 2. The zero-order valence-corrected chi connectivity index (χ0v) is 20.9. The van der Waals surface area contributed by atoms with E-state index in [0.717, 1.165) is 41.7 Å². The van der Waals surface area contributed by atoms with Crippen LogP contribution >= 0.6 is 22.9 Å². The van der Waals surface area contributed by atoms with Crippen molar-refractivity contribution in [3.05, 3.63) is 10.3 Å². The standard InChI is InChI=1S/C21H31ClN6O3S/c1-20(2,3)31-19(29)28-7-6-26(13-21(28,4)5)12-14-23-16-15(32-14)17(25-18(22)24-16)27-8-10-30-11-9-27/h6-13H2,1-5H3. The second-order valence-corrected chi connectivity index (χ2v) is 11.3. The van der Waals surface area contributed by atoms with Gasteiger partial charge >= 0.3 is 6.09 Å². The normalized spacial score (nSPS) is 20.1. The van der Waals surface area contributed by atoms with Gasteiger partial charge in [-0.15, -0.1) is 11.3 Å². The quantitative estimate of drug-likeness (QED) is 0.615. The van der Waals surface area contributed by atoms with Gasteiger partial charge in [0.2, 0.25) is 5.28 Å². The zero-order valence-electron chi connectivity index (χ0n) is 19.4. The van der Waals surface area contributed by atoms with Crippen LogP contribution in [0.4, 0.5) is 10.6 Å². The van der Waals surface area contributed by atoms with E-state index in [1.54, 1.807) is 11.3 Å². The van der Waals surface area contributed by atoms with Gasteiger partial charge in [-0.1, -0.05) is 0 Å². The number of fused-ring (bicyclic) bond motifs is 1. The number of piperazine rings is 1. The van der Waals surface area contributed by atoms with E-state index in [2.05, 4.69) is 33.6 Å². The summed E-state index contributed by atoms with van der Waals surface area (Å²) in [5.41, 5.74) is -0.219. The number of rotatable bonds is 3. The van der Waals surface area contributed by atoms with Crippen molar-refractivity contribution in [3.8, 4) is 0 Å². The Morgan fingerprint density at radius 1 is 1.16 bits per heavy atom. The smallest absolute Gasteiger partial charge is 0.410 e. The number of hydrogen-bond acceptors (Lipinski definition) is 9. The number of nitrogens with zero attached hydrogens (tertiary/aromatic N) is 6. The fourth-order valence-corrected chi connectivity index (χ4v) is 5.35. The third-order valence-electron chi connectivity index (χ3n) is 5.52. The molecule has 0 bridgehead atoms. The lowest BCUT2D eigenvalue weighted by Gasteiger charge is -2.46. The first kappa shape index (κ1) is 23.4. The number of aromatic nitrogens is 3. The van der Waals surface area contributed by atoms with Gasteiger partial charge in [0.25, 0.3) is 0 Å². The Balaban J connectivity index is 1.49. The molecule has 0 radical (unpaired) electrons. The molecule has 2 fully saturated rings. The van der Waals surface area contributed by atoms with Crippen LogP contribution in [0.1, 0.15) is 39.6 Å². The highest BCUT2D eigenvalue weighted by Gasteiger charge is 2.39. The molecule has 0 unspecified atom stereocenters. The third-order valence-corrected chi connectivity index (χ3v) is 6.71. The van der Waals surface area contributed by atoms with Crippen LogP contribution in [0.25, 0.3) is 10.3 Å². The van der Waals surface area contributed by atoms with Crippen LogP contribution in [-0.4, -0.2) is 87.9 Å². The van der Waals surface area contributed by atoms with Crippen molar-refractivity contribution in [2.75, 3.05) is 50.8 Å². The van der Waals surface area contributed by atoms with E-state index in [0.29, 0.717) is 32.0 Å². The third kappa shape index (κ3) is 5.24. The monoisotopic (exact) mass is 482 g/mol. The first-order chi connectivity index (χ1) is 15.0.